The van der Waals surface area contributed by atoms with E-state index in [0.29, 0.717) is 0 Å². The van der Waals surface area contributed by atoms with Crippen LogP contribution in [0, 0.1) is 5.41 Å². The Labute approximate surface area is 77.3 Å². The van der Waals surface area contributed by atoms with E-state index >= 15 is 0 Å². The van der Waals surface area contributed by atoms with Crippen LogP contribution < -0.4 is 0 Å². The van der Waals surface area contributed by atoms with Gasteiger partial charge in [-0.1, -0.05) is 30.3 Å². The van der Waals surface area contributed by atoms with E-state index in [4.69, 9.17) is 10.5 Å². The van der Waals surface area contributed by atoms with Crippen molar-refractivity contribution in [3.63, 3.8) is 0 Å². The Morgan fingerprint density at radius 3 is 2.69 bits per heavy atom. The summed E-state index contributed by atoms with van der Waals surface area (Å²) in [5.41, 5.74) is 1.000. The average molecular weight is 176 g/mol. The van der Waals surface area contributed by atoms with Crippen molar-refractivity contribution in [1.82, 2.24) is 0 Å². The predicted molar refractivity (Wildman–Crippen MR) is 53.7 cm³/mol. The average Bonchev–Trinajstić information content (AvgIpc) is 2.19. The number of aliphatic imine (C=N–C) groups is 1. The third-order valence-electron chi connectivity index (χ3n) is 1.52. The predicted octanol–water partition coefficient (Wildman–Crippen LogP) is 1.12. The van der Waals surface area contributed by atoms with Crippen molar-refractivity contribution in [2.45, 2.75) is 6.10 Å². The highest BCUT2D eigenvalue weighted by Crippen LogP contribution is 1.93. The monoisotopic (exact) mass is 176 g/mol. The second kappa shape index (κ2) is 5.22. The first kappa shape index (κ1) is 9.61. The molecule has 3 nitrogen and oxygen atoms in total. The molecule has 2 N–H and O–H groups in total. The smallest absolute Gasteiger partial charge is 0.108 e. The fourth-order valence-corrected chi connectivity index (χ4v) is 0.858. The summed E-state index contributed by atoms with van der Waals surface area (Å²) in [5.74, 6) is 0. The molecule has 0 bridgehead atoms. The third-order valence-corrected chi connectivity index (χ3v) is 1.52. The summed E-state index contributed by atoms with van der Waals surface area (Å²) in [6.45, 7) is 0.248. The van der Waals surface area contributed by atoms with Gasteiger partial charge in [0.25, 0.3) is 0 Å². The highest BCUT2D eigenvalue weighted by atomic mass is 16.3. The summed E-state index contributed by atoms with van der Waals surface area (Å²) in [6.07, 6.45) is 1.90. The lowest BCUT2D eigenvalue weighted by molar-refractivity contribution is 0.254. The molecule has 0 saturated heterocycles. The molecule has 0 radical (unpaired) electrons. The van der Waals surface area contributed by atoms with Crippen LogP contribution in [0.15, 0.2) is 35.3 Å². The Morgan fingerprint density at radius 1 is 1.38 bits per heavy atom. The maximum Gasteiger partial charge on any atom is 0.108 e. The van der Waals surface area contributed by atoms with E-state index in [1.807, 2.05) is 30.3 Å². The number of hydrogen-bond donors (Lipinski definition) is 2. The molecule has 3 heteroatoms. The van der Waals surface area contributed by atoms with Crippen molar-refractivity contribution >= 4 is 12.4 Å². The van der Waals surface area contributed by atoms with Gasteiger partial charge in [-0.05, 0) is 5.56 Å². The molecule has 13 heavy (non-hydrogen) atoms. The van der Waals surface area contributed by atoms with Crippen molar-refractivity contribution in [1.29, 1.82) is 5.41 Å². The van der Waals surface area contributed by atoms with Gasteiger partial charge < -0.3 is 10.5 Å². The largest absolute Gasteiger partial charge is 0.386 e. The number of nitrogens with one attached hydrogen (secondary N) is 1. The molecule has 1 aromatic rings. The summed E-state index contributed by atoms with van der Waals surface area (Å²) in [5, 5.41) is 15.7. The van der Waals surface area contributed by atoms with Crippen molar-refractivity contribution in [3.05, 3.63) is 35.9 Å². The van der Waals surface area contributed by atoms with Crippen molar-refractivity contribution in [3.8, 4) is 0 Å². The van der Waals surface area contributed by atoms with E-state index < -0.39 is 6.10 Å². The van der Waals surface area contributed by atoms with Crippen LogP contribution in [0.3, 0.4) is 0 Å². The molecule has 0 spiro atoms. The van der Waals surface area contributed by atoms with Crippen molar-refractivity contribution in [2.24, 2.45) is 4.99 Å². The molecule has 1 rings (SSSR count). The van der Waals surface area contributed by atoms with Gasteiger partial charge in [0.15, 0.2) is 0 Å². The highest BCUT2D eigenvalue weighted by Gasteiger charge is 1.93. The lowest BCUT2D eigenvalue weighted by Gasteiger charge is -1.97. The van der Waals surface area contributed by atoms with Crippen LogP contribution in [0.25, 0.3) is 0 Å². The van der Waals surface area contributed by atoms with Crippen LogP contribution in [-0.4, -0.2) is 30.2 Å². The van der Waals surface area contributed by atoms with Crippen LogP contribution in [0.4, 0.5) is 0 Å². The maximum atomic E-state index is 8.98. The lowest BCUT2D eigenvalue weighted by Crippen LogP contribution is -2.11. The Bertz CT molecular complexity index is 282. The van der Waals surface area contributed by atoms with Crippen LogP contribution in [0.5, 0.6) is 0 Å². The van der Waals surface area contributed by atoms with E-state index in [1.165, 1.54) is 0 Å². The number of nitrogens with zero attached hydrogens (tertiary/aromatic N) is 1. The standard InChI is InChI=1S/C10H12N2O/c11-6-10(13)8-12-7-9-4-2-1-3-5-9/h1-7,10-11,13H,8H2. The first-order valence-electron chi connectivity index (χ1n) is 4.06. The Kier molecular flexibility index (Phi) is 3.85. The van der Waals surface area contributed by atoms with E-state index in [0.717, 1.165) is 11.8 Å². The van der Waals surface area contributed by atoms with Crippen LogP contribution in [-0.2, 0) is 0 Å². The molecular formula is C10H12N2O. The molecule has 0 fully saturated rings. The first-order valence-corrected chi connectivity index (χ1v) is 4.06. The van der Waals surface area contributed by atoms with Crippen LogP contribution >= 0.6 is 0 Å². The molecule has 1 unspecified atom stereocenters. The molecule has 0 amide bonds. The molecule has 0 aliphatic heterocycles. The van der Waals surface area contributed by atoms with Gasteiger partial charge in [0.2, 0.25) is 0 Å². The van der Waals surface area contributed by atoms with E-state index in [1.54, 1.807) is 6.21 Å². The minimum Gasteiger partial charge on any atom is -0.386 e. The zero-order chi connectivity index (χ0) is 9.52. The summed E-state index contributed by atoms with van der Waals surface area (Å²) < 4.78 is 0. The van der Waals surface area contributed by atoms with E-state index in [2.05, 4.69) is 4.99 Å². The molecule has 0 aliphatic rings. The van der Waals surface area contributed by atoms with Gasteiger partial charge in [-0.15, -0.1) is 0 Å². The minimum absolute atomic E-state index is 0.248. The molecule has 0 aromatic heterocycles. The number of benzene rings is 1. The quantitative estimate of drug-likeness (QED) is 0.663. The van der Waals surface area contributed by atoms with Crippen LogP contribution in [0.2, 0.25) is 0 Å². The van der Waals surface area contributed by atoms with Gasteiger partial charge in [-0.2, -0.15) is 0 Å². The normalized spacial score (nSPS) is 13.0. The Balaban J connectivity index is 2.45. The molecule has 0 saturated carbocycles. The van der Waals surface area contributed by atoms with E-state index in [-0.39, 0.29) is 6.54 Å². The maximum absolute atomic E-state index is 8.98. The molecule has 1 aromatic carbocycles. The Hall–Kier alpha value is -1.48. The molecular weight excluding hydrogens is 164 g/mol. The summed E-state index contributed by atoms with van der Waals surface area (Å²) in [4.78, 5) is 3.99. The number of hydrogen-bond acceptors (Lipinski definition) is 3. The molecule has 1 atom stereocenters. The Morgan fingerprint density at radius 2 is 2.08 bits per heavy atom. The number of rotatable bonds is 4. The van der Waals surface area contributed by atoms with Crippen LogP contribution in [0.1, 0.15) is 5.56 Å². The number of aliphatic hydroxyl groups excluding tert-OH is 1. The topological polar surface area (TPSA) is 56.4 Å². The molecule has 0 aliphatic carbocycles. The minimum atomic E-state index is -0.764. The van der Waals surface area contributed by atoms with Gasteiger partial charge in [0, 0.05) is 12.4 Å². The highest BCUT2D eigenvalue weighted by molar-refractivity contribution is 5.79. The first-order chi connectivity index (χ1) is 6.33. The number of aliphatic hydroxyl groups is 1. The fourth-order valence-electron chi connectivity index (χ4n) is 0.858. The summed E-state index contributed by atoms with van der Waals surface area (Å²) in [7, 11) is 0. The second-order valence-electron chi connectivity index (χ2n) is 2.64. The van der Waals surface area contributed by atoms with Gasteiger partial charge in [-0.25, -0.2) is 0 Å². The van der Waals surface area contributed by atoms with Gasteiger partial charge in [-0.3, -0.25) is 4.99 Å². The SMILES string of the molecule is N=CC(O)CN=Cc1ccccc1. The summed E-state index contributed by atoms with van der Waals surface area (Å²) in [6, 6.07) is 9.65. The van der Waals surface area contributed by atoms with Crippen molar-refractivity contribution in [2.75, 3.05) is 6.54 Å². The van der Waals surface area contributed by atoms with E-state index in [9.17, 15) is 0 Å². The second-order valence-corrected chi connectivity index (χ2v) is 2.64. The fraction of sp³-hybridized carbons (Fsp3) is 0.200. The molecule has 0 heterocycles. The zero-order valence-electron chi connectivity index (χ0n) is 7.22. The summed E-state index contributed by atoms with van der Waals surface area (Å²) >= 11 is 0. The van der Waals surface area contributed by atoms with Gasteiger partial charge >= 0.3 is 0 Å². The molecule has 68 valence electrons. The van der Waals surface area contributed by atoms with Crippen molar-refractivity contribution < 1.29 is 5.11 Å². The lowest BCUT2D eigenvalue weighted by atomic mass is 10.2. The van der Waals surface area contributed by atoms with Gasteiger partial charge in [0.1, 0.15) is 6.10 Å². The third kappa shape index (κ3) is 3.62. The van der Waals surface area contributed by atoms with Gasteiger partial charge in [0.05, 0.1) is 6.54 Å². The zero-order valence-corrected chi connectivity index (χ0v) is 7.22.